The van der Waals surface area contributed by atoms with E-state index >= 15 is 0 Å². The van der Waals surface area contributed by atoms with Gasteiger partial charge in [-0.3, -0.25) is 0 Å². The number of halogens is 3. The van der Waals surface area contributed by atoms with E-state index in [-0.39, 0.29) is 49.7 Å². The second kappa shape index (κ2) is 11.4. The van der Waals surface area contributed by atoms with Crippen LogP contribution >= 0.6 is 23.2 Å². The number of ether oxygens (including phenoxy) is 2. The maximum absolute atomic E-state index is 14.8. The first-order valence-corrected chi connectivity index (χ1v) is 13.1. The molecule has 2 amide bonds. The molecule has 0 aliphatic carbocycles. The van der Waals surface area contributed by atoms with Gasteiger partial charge in [-0.15, -0.1) is 0 Å². The van der Waals surface area contributed by atoms with E-state index in [1.807, 2.05) is 6.07 Å². The van der Waals surface area contributed by atoms with Crippen molar-refractivity contribution in [3.05, 3.63) is 58.3 Å². The molecule has 0 spiro atoms. The number of nitrogens with one attached hydrogen (secondary N) is 1. The Labute approximate surface area is 250 Å². The van der Waals surface area contributed by atoms with Crippen molar-refractivity contribution in [3.63, 3.8) is 0 Å². The van der Waals surface area contributed by atoms with E-state index in [1.165, 1.54) is 29.1 Å². The number of hydrogen-bond donors (Lipinski definition) is 1. The number of carbonyl (C=O) groups is 2. The lowest BCUT2D eigenvalue weighted by Crippen LogP contribution is -2.44. The zero-order valence-corrected chi connectivity index (χ0v) is 24.9. The number of nitrogens with zero attached hydrogens (tertiary/aromatic N) is 7. The molecule has 0 saturated carbocycles. The van der Waals surface area contributed by atoms with Crippen LogP contribution < -0.4 is 10.2 Å². The van der Waals surface area contributed by atoms with Crippen LogP contribution in [0.1, 0.15) is 47.1 Å². The summed E-state index contributed by atoms with van der Waals surface area (Å²) in [5.41, 5.74) is -1.44. The van der Waals surface area contributed by atoms with Gasteiger partial charge in [0.25, 0.3) is 0 Å². The molecule has 1 aromatic carbocycles. The number of pyridine rings is 1. The van der Waals surface area contributed by atoms with Crippen molar-refractivity contribution >= 4 is 63.7 Å². The van der Waals surface area contributed by atoms with Crippen molar-refractivity contribution in [1.29, 1.82) is 5.26 Å². The molecule has 0 aliphatic rings. The third kappa shape index (κ3) is 6.84. The van der Waals surface area contributed by atoms with Crippen LogP contribution in [0.4, 0.5) is 31.4 Å². The minimum absolute atomic E-state index is 0.0672. The quantitative estimate of drug-likeness (QED) is 0.256. The van der Waals surface area contributed by atoms with Gasteiger partial charge in [0, 0.05) is 12.3 Å². The third-order valence-corrected chi connectivity index (χ3v) is 5.73. The lowest BCUT2D eigenvalue weighted by molar-refractivity contribution is 0.0429. The Morgan fingerprint density at radius 2 is 1.60 bits per heavy atom. The van der Waals surface area contributed by atoms with E-state index in [0.717, 1.165) is 12.5 Å². The molecular formula is C27H25Cl2FN8O4. The van der Waals surface area contributed by atoms with E-state index in [4.69, 9.17) is 37.9 Å². The Balaban J connectivity index is 1.74. The van der Waals surface area contributed by atoms with Crippen LogP contribution in [0.5, 0.6) is 0 Å². The highest BCUT2D eigenvalue weighted by Crippen LogP contribution is 2.33. The first-order chi connectivity index (χ1) is 19.6. The highest BCUT2D eigenvalue weighted by atomic mass is 35.5. The van der Waals surface area contributed by atoms with Gasteiger partial charge in [0.1, 0.15) is 40.4 Å². The summed E-state index contributed by atoms with van der Waals surface area (Å²) in [4.78, 5) is 39.0. The summed E-state index contributed by atoms with van der Waals surface area (Å²) in [5.74, 6) is -0.648. The number of carbonyl (C=O) groups excluding carboxylic acids is 2. The van der Waals surface area contributed by atoms with Gasteiger partial charge in [-0.05, 0) is 53.7 Å². The fourth-order valence-corrected chi connectivity index (χ4v) is 4.23. The molecule has 218 valence electrons. The van der Waals surface area contributed by atoms with Crippen molar-refractivity contribution in [2.45, 2.75) is 52.7 Å². The molecule has 3 aromatic heterocycles. The molecule has 0 radical (unpaired) electrons. The number of aromatic nitrogens is 5. The summed E-state index contributed by atoms with van der Waals surface area (Å²) >= 11 is 12.7. The molecule has 1 N–H and O–H groups in total. The summed E-state index contributed by atoms with van der Waals surface area (Å²) in [7, 11) is 0. The zero-order chi connectivity index (χ0) is 31.0. The minimum Gasteiger partial charge on any atom is -0.443 e. The largest absolute Gasteiger partial charge is 0.443 e. The molecule has 42 heavy (non-hydrogen) atoms. The van der Waals surface area contributed by atoms with E-state index in [0.29, 0.717) is 4.90 Å². The Morgan fingerprint density at radius 1 is 1.00 bits per heavy atom. The van der Waals surface area contributed by atoms with E-state index < -0.39 is 29.2 Å². The molecule has 0 aliphatic heterocycles. The monoisotopic (exact) mass is 614 g/mol. The second-order valence-corrected chi connectivity index (χ2v) is 11.7. The van der Waals surface area contributed by atoms with Gasteiger partial charge in [-0.2, -0.15) is 15.3 Å². The minimum atomic E-state index is -1.01. The second-order valence-electron chi connectivity index (χ2n) is 10.9. The summed E-state index contributed by atoms with van der Waals surface area (Å²) in [5, 5.41) is 16.8. The number of rotatable bonds is 4. The molecule has 4 aromatic rings. The molecule has 3 heterocycles. The molecule has 15 heteroatoms. The molecule has 0 atom stereocenters. The average molecular weight is 615 g/mol. The predicted octanol–water partition coefficient (Wildman–Crippen LogP) is 6.95. The number of imide groups is 1. The fourth-order valence-electron chi connectivity index (χ4n) is 3.57. The van der Waals surface area contributed by atoms with E-state index in [2.05, 4.69) is 25.4 Å². The van der Waals surface area contributed by atoms with Gasteiger partial charge in [0.2, 0.25) is 0 Å². The lowest BCUT2D eigenvalue weighted by atomic mass is 10.2. The van der Waals surface area contributed by atoms with Crippen molar-refractivity contribution in [1.82, 2.24) is 24.7 Å². The van der Waals surface area contributed by atoms with Crippen molar-refractivity contribution in [2.75, 3.05) is 10.2 Å². The van der Waals surface area contributed by atoms with Crippen molar-refractivity contribution in [2.24, 2.45) is 0 Å². The van der Waals surface area contributed by atoms with Crippen LogP contribution in [-0.2, 0) is 9.47 Å². The summed E-state index contributed by atoms with van der Waals surface area (Å²) in [6.07, 6.45) is 1.49. The molecule has 0 unspecified atom stereocenters. The van der Waals surface area contributed by atoms with Crippen LogP contribution in [0.15, 0.2) is 36.9 Å². The highest BCUT2D eigenvalue weighted by molar-refractivity contribution is 6.38. The Hall–Kier alpha value is -4.54. The van der Waals surface area contributed by atoms with Gasteiger partial charge < -0.3 is 14.8 Å². The summed E-state index contributed by atoms with van der Waals surface area (Å²) < 4.78 is 26.8. The Morgan fingerprint density at radius 3 is 2.14 bits per heavy atom. The molecule has 12 nitrogen and oxygen atoms in total. The van der Waals surface area contributed by atoms with Crippen LogP contribution in [-0.4, -0.2) is 48.1 Å². The van der Waals surface area contributed by atoms with Gasteiger partial charge in [0.05, 0.1) is 33.3 Å². The first kappa shape index (κ1) is 30.4. The topological polar surface area (TPSA) is 148 Å². The van der Waals surface area contributed by atoms with Crippen LogP contribution in [0.25, 0.3) is 16.6 Å². The van der Waals surface area contributed by atoms with Crippen LogP contribution in [0, 0.1) is 17.1 Å². The number of fused-ring (bicyclic) bond motifs is 1. The van der Waals surface area contributed by atoms with Gasteiger partial charge in [-0.25, -0.2) is 33.6 Å². The van der Waals surface area contributed by atoms with E-state index in [9.17, 15) is 14.0 Å². The number of anilines is 3. The lowest BCUT2D eigenvalue weighted by Gasteiger charge is -2.28. The maximum Gasteiger partial charge on any atom is 0.425 e. The van der Waals surface area contributed by atoms with Crippen LogP contribution in [0.3, 0.4) is 0 Å². The molecule has 4 rings (SSSR count). The normalized spacial score (nSPS) is 11.6. The highest BCUT2D eigenvalue weighted by Gasteiger charge is 2.34. The number of benzene rings is 1. The molecule has 0 fully saturated rings. The third-order valence-electron chi connectivity index (χ3n) is 5.16. The molecular weight excluding hydrogens is 590 g/mol. The number of amides is 2. The predicted molar refractivity (Wildman–Crippen MR) is 154 cm³/mol. The first-order valence-electron chi connectivity index (χ1n) is 12.3. The maximum atomic E-state index is 14.8. The number of hydrogen-bond acceptors (Lipinski definition) is 10. The Kier molecular flexibility index (Phi) is 8.25. The number of nitriles is 1. The zero-order valence-electron chi connectivity index (χ0n) is 23.4. The smallest absolute Gasteiger partial charge is 0.425 e. The molecule has 0 bridgehead atoms. The van der Waals surface area contributed by atoms with Crippen LogP contribution in [0.2, 0.25) is 10.0 Å². The molecule has 0 saturated heterocycles. The summed E-state index contributed by atoms with van der Waals surface area (Å²) in [6.45, 7) is 9.89. The average Bonchev–Trinajstić information content (AvgIpc) is 3.29. The van der Waals surface area contributed by atoms with Gasteiger partial charge >= 0.3 is 12.2 Å². The van der Waals surface area contributed by atoms with Crippen molar-refractivity contribution in [3.8, 4) is 11.8 Å². The Bertz CT molecular complexity index is 1690. The SMILES string of the molecule is CC(C)(C)OC(=O)N(C(=O)OC(C)(C)C)c1cc(Nc2ncc(F)c3nn(-c4c(Cl)cc(C#N)cc4Cl)cc23)ncn1. The van der Waals surface area contributed by atoms with E-state index in [1.54, 1.807) is 41.5 Å². The van der Waals surface area contributed by atoms with Crippen molar-refractivity contribution < 1.29 is 23.5 Å². The van der Waals surface area contributed by atoms with Gasteiger partial charge in [-0.1, -0.05) is 23.2 Å². The standard InChI is InChI=1S/C27H25Cl2FN8O4/c1-26(2,3)41-24(39)38(25(40)42-27(4,5)6)20-9-19(33-13-34-20)35-23-15-12-37(36-21(15)18(30)11-32-23)22-16(28)7-14(10-31)8-17(22)29/h7-9,11-13H,1-6H3,(H,32,33,34,35). The fraction of sp³-hybridized carbons (Fsp3) is 0.296. The van der Waals surface area contributed by atoms with Gasteiger partial charge in [0.15, 0.2) is 11.6 Å². The summed E-state index contributed by atoms with van der Waals surface area (Å²) in [6, 6.07) is 6.07.